The number of fused-ring (bicyclic) bond motifs is 2. The number of allylic oxidation sites excluding steroid dienone is 2. The van der Waals surface area contributed by atoms with Gasteiger partial charge in [0.1, 0.15) is 24.3 Å². The number of carbonyl (C=O) groups excluding carboxylic acids is 5. The van der Waals surface area contributed by atoms with Crippen LogP contribution in [0.4, 0.5) is 9.59 Å². The molecule has 0 bridgehead atoms. The van der Waals surface area contributed by atoms with Crippen LogP contribution in [-0.4, -0.2) is 111 Å². The monoisotopic (exact) mass is 754 g/mol. The summed E-state index contributed by atoms with van der Waals surface area (Å²) in [7, 11) is 1.29. The Kier molecular flexibility index (Phi) is 16.5. The van der Waals surface area contributed by atoms with Crippen molar-refractivity contribution in [3.8, 4) is 0 Å². The van der Waals surface area contributed by atoms with Crippen LogP contribution in [0.15, 0.2) is 73.8 Å². The molecule has 6 rings (SSSR count). The molecule has 55 heavy (non-hydrogen) atoms. The van der Waals surface area contributed by atoms with Crippen LogP contribution in [0, 0.1) is 0 Å². The topological polar surface area (TPSA) is 193 Å². The van der Waals surface area contributed by atoms with Crippen LogP contribution in [0.5, 0.6) is 0 Å². The van der Waals surface area contributed by atoms with Gasteiger partial charge in [-0.1, -0.05) is 60.7 Å². The van der Waals surface area contributed by atoms with Gasteiger partial charge in [-0.25, -0.2) is 19.2 Å². The summed E-state index contributed by atoms with van der Waals surface area (Å²) in [4.78, 5) is 79.0. The molecule has 16 heteroatoms. The molecule has 4 aliphatic heterocycles. The van der Waals surface area contributed by atoms with Crippen LogP contribution in [0.1, 0.15) is 60.8 Å². The normalized spacial score (nSPS) is 20.4. The Balaban J connectivity index is 0.000000285. The Morgan fingerprint density at radius 3 is 1.40 bits per heavy atom. The van der Waals surface area contributed by atoms with Gasteiger partial charge in [-0.15, -0.1) is 13.2 Å². The zero-order valence-electron chi connectivity index (χ0n) is 31.3. The molecular weight excluding hydrogens is 707 g/mol. The summed E-state index contributed by atoms with van der Waals surface area (Å²) >= 11 is 0. The maximum atomic E-state index is 12.5. The molecule has 4 heterocycles. The number of amides is 4. The number of ether oxygens (including phenoxy) is 3. The van der Waals surface area contributed by atoms with E-state index in [1.807, 2.05) is 48.5 Å². The van der Waals surface area contributed by atoms with Gasteiger partial charge in [-0.3, -0.25) is 19.4 Å². The molecule has 2 N–H and O–H groups in total. The molecule has 4 amide bonds. The second kappa shape index (κ2) is 20.5. The number of methoxy groups -OCH3 is 1. The zero-order chi connectivity index (χ0) is 38.1. The Hall–Kier alpha value is -5.10. The number of likely N-dealkylation sites (tertiary alicyclic amines) is 2. The maximum absolute atomic E-state index is 12.5. The largest absolute Gasteiger partial charge is 1.00 e. The van der Waals surface area contributed by atoms with Crippen LogP contribution in [0.3, 0.4) is 0 Å². The van der Waals surface area contributed by atoms with Gasteiger partial charge in [0.15, 0.2) is 0 Å². The van der Waals surface area contributed by atoms with Gasteiger partial charge in [0, 0.05) is 51.9 Å². The third kappa shape index (κ3) is 11.0. The average molecular weight is 755 g/mol. The van der Waals surface area contributed by atoms with Gasteiger partial charge < -0.3 is 34.6 Å². The van der Waals surface area contributed by atoms with E-state index < -0.39 is 48.4 Å². The molecule has 4 atom stereocenters. The van der Waals surface area contributed by atoms with Crippen molar-refractivity contribution in [2.24, 2.45) is 0 Å². The van der Waals surface area contributed by atoms with E-state index in [2.05, 4.69) is 13.2 Å². The van der Waals surface area contributed by atoms with Crippen LogP contribution in [0.2, 0.25) is 0 Å². The molecule has 0 aromatic heterocycles. The van der Waals surface area contributed by atoms with Gasteiger partial charge in [-0.05, 0) is 35.1 Å². The van der Waals surface area contributed by atoms with E-state index in [1.165, 1.54) is 16.9 Å². The number of benzene rings is 2. The van der Waals surface area contributed by atoms with Crippen molar-refractivity contribution in [1.82, 2.24) is 19.6 Å². The molecule has 15 nitrogen and oxygen atoms in total. The molecule has 2 aromatic rings. The molecule has 0 aliphatic carbocycles. The Bertz CT molecular complexity index is 1690. The minimum atomic E-state index is -1.08. The minimum absolute atomic E-state index is 0. The van der Waals surface area contributed by atoms with Gasteiger partial charge in [-0.2, -0.15) is 0 Å². The van der Waals surface area contributed by atoms with Crippen LogP contribution >= 0.6 is 0 Å². The maximum Gasteiger partial charge on any atom is 1.00 e. The summed E-state index contributed by atoms with van der Waals surface area (Å²) in [6, 6.07) is 14.0. The summed E-state index contributed by atoms with van der Waals surface area (Å²) in [5.41, 5.74) is 4.38. The van der Waals surface area contributed by atoms with E-state index >= 15 is 0 Å². The number of nitrogens with zero attached hydrogens (tertiary/aromatic N) is 4. The Labute approximate surface area is 332 Å². The first-order valence-corrected chi connectivity index (χ1v) is 17.7. The Morgan fingerprint density at radius 2 is 1.05 bits per heavy atom. The Morgan fingerprint density at radius 1 is 0.691 bits per heavy atom. The molecule has 2 aromatic carbocycles. The number of aliphatic carboxylic acids is 1. The van der Waals surface area contributed by atoms with Crippen molar-refractivity contribution >= 4 is 35.9 Å². The fourth-order valence-electron chi connectivity index (χ4n) is 7.01. The first-order valence-electron chi connectivity index (χ1n) is 17.7. The van der Waals surface area contributed by atoms with Crippen molar-refractivity contribution in [3.05, 3.63) is 96.1 Å². The quantitative estimate of drug-likeness (QED) is 0.159. The number of hydrogen-bond donors (Lipinski definition) is 1. The number of carboxylic acid groups (broad SMARTS) is 1. The van der Waals surface area contributed by atoms with E-state index in [0.29, 0.717) is 39.0 Å². The smallest absolute Gasteiger partial charge is 0.870 e. The van der Waals surface area contributed by atoms with Gasteiger partial charge in [0.2, 0.25) is 11.8 Å². The second-order valence-corrected chi connectivity index (χ2v) is 13.4. The minimum Gasteiger partial charge on any atom is -0.870 e. The van der Waals surface area contributed by atoms with E-state index in [-0.39, 0.29) is 74.9 Å². The first-order chi connectivity index (χ1) is 25.5. The van der Waals surface area contributed by atoms with E-state index in [1.54, 1.807) is 22.0 Å². The molecule has 0 saturated carbocycles. The molecule has 4 aliphatic rings. The molecule has 290 valence electrons. The number of carbonyl (C=O) groups is 6. The van der Waals surface area contributed by atoms with Crippen molar-refractivity contribution in [2.75, 3.05) is 20.2 Å². The third-order valence-electron chi connectivity index (χ3n) is 9.78. The summed E-state index contributed by atoms with van der Waals surface area (Å²) in [6.45, 7) is 9.45. The third-order valence-corrected chi connectivity index (χ3v) is 9.78. The number of rotatable bonds is 10. The van der Waals surface area contributed by atoms with Gasteiger partial charge in [0.05, 0.1) is 20.2 Å². The summed E-state index contributed by atoms with van der Waals surface area (Å²) in [6.07, 6.45) is 3.07. The van der Waals surface area contributed by atoms with Gasteiger partial charge in [0.25, 0.3) is 0 Å². The second-order valence-electron chi connectivity index (χ2n) is 13.4. The number of hydrogen-bond acceptors (Lipinski definition) is 10. The molecule has 2 fully saturated rings. The van der Waals surface area contributed by atoms with Crippen molar-refractivity contribution in [1.29, 1.82) is 0 Å². The fourth-order valence-corrected chi connectivity index (χ4v) is 7.01. The first kappa shape index (κ1) is 44.3. The molecular formula is C39H47LiN4O11. The zero-order valence-corrected chi connectivity index (χ0v) is 31.3. The average Bonchev–Trinajstić information content (AvgIpc) is 3.97. The molecule has 0 radical (unpaired) electrons. The predicted molar refractivity (Wildman–Crippen MR) is 193 cm³/mol. The van der Waals surface area contributed by atoms with Crippen LogP contribution in [0.25, 0.3) is 0 Å². The van der Waals surface area contributed by atoms with E-state index in [4.69, 9.17) is 14.2 Å². The molecule has 0 spiro atoms. The summed E-state index contributed by atoms with van der Waals surface area (Å²) in [5.74, 6) is -2.00. The summed E-state index contributed by atoms with van der Waals surface area (Å²) in [5, 5.41) is 9.37. The standard InChI is InChI=1S/C20H24N2O5.C19H22N2O5.Li.H2O/c1-3-4-9-18(23)22-13-16(10-17(22)19(24)26-2)27-20(25)21-11-14-7-5-6-8-15(14)12-21;1-2-3-8-17(22)21-12-15(9-16(21)18(23)24)26-19(25)20-10-13-6-4-5-7-14(13)11-20;;/h3,5-8,16-17H,1,4,9-13H2,2H3;2,4-7,15-16H,1,3,8-12H2,(H,23,24);;1H2/q;;+1;/p-1/t16?,17-;15?,16-;;/m00../s1. The van der Waals surface area contributed by atoms with Crippen molar-refractivity contribution in [3.63, 3.8) is 0 Å². The predicted octanol–water partition coefficient (Wildman–Crippen LogP) is 1.23. The fraction of sp³-hybridized carbons (Fsp3) is 0.436. The van der Waals surface area contributed by atoms with E-state index in [0.717, 1.165) is 22.3 Å². The summed E-state index contributed by atoms with van der Waals surface area (Å²) < 4.78 is 15.9. The SMILES string of the molecule is C=CCCC(=O)N1CC(OC(=O)N2Cc3ccccc3C2)C[C@H]1C(=O)O.C=CCCC(=O)N1CC(OC(=O)N2Cc3ccccc3C2)C[C@H]1C(=O)OC.[Li+].[OH-]. The van der Waals surface area contributed by atoms with Crippen molar-refractivity contribution in [2.45, 2.75) is 89.0 Å². The van der Waals surface area contributed by atoms with Gasteiger partial charge >= 0.3 is 43.0 Å². The number of esters is 1. The molecule has 2 saturated heterocycles. The molecule has 2 unspecified atom stereocenters. The van der Waals surface area contributed by atoms with E-state index in [9.17, 15) is 33.9 Å². The van der Waals surface area contributed by atoms with Crippen LogP contribution < -0.4 is 18.9 Å². The van der Waals surface area contributed by atoms with Crippen molar-refractivity contribution < 1.29 is 72.4 Å². The van der Waals surface area contributed by atoms with Crippen LogP contribution in [-0.2, 0) is 59.6 Å². The number of carboxylic acids is 1.